The smallest absolute Gasteiger partial charge is 0.207 e. The molecule has 4 nitrogen and oxygen atoms in total. The molecule has 3 rings (SSSR count). The Morgan fingerprint density at radius 3 is 2.63 bits per heavy atom. The standard InChI is InChI=1S/C14H18N4S/c1-10-9-12(18-7-3-4-8-18)5-6-13(10)16-14-15-11(2)17-19-14/h5-6,9H,3-4,7-8H2,1-2H3,(H,15,16,17). The summed E-state index contributed by atoms with van der Waals surface area (Å²) in [6.45, 7) is 6.41. The Bertz CT molecular complexity index is 573. The first kappa shape index (κ1) is 12.4. The highest BCUT2D eigenvalue weighted by Crippen LogP contribution is 2.27. The van der Waals surface area contributed by atoms with Crippen LogP contribution >= 0.6 is 11.5 Å². The normalized spacial score (nSPS) is 14.9. The fourth-order valence-electron chi connectivity index (χ4n) is 2.42. The lowest BCUT2D eigenvalue weighted by atomic mass is 10.1. The monoisotopic (exact) mass is 274 g/mol. The Hall–Kier alpha value is -1.62. The van der Waals surface area contributed by atoms with Gasteiger partial charge in [-0.2, -0.15) is 4.37 Å². The molecule has 1 fully saturated rings. The third kappa shape index (κ3) is 2.71. The molecule has 1 N–H and O–H groups in total. The minimum absolute atomic E-state index is 0.818. The highest BCUT2D eigenvalue weighted by molar-refractivity contribution is 7.09. The van der Waals surface area contributed by atoms with Crippen LogP contribution in [0.3, 0.4) is 0 Å². The minimum Gasteiger partial charge on any atom is -0.372 e. The van der Waals surface area contributed by atoms with E-state index in [1.54, 1.807) is 0 Å². The number of anilines is 3. The van der Waals surface area contributed by atoms with E-state index in [1.807, 2.05) is 6.92 Å². The van der Waals surface area contributed by atoms with Gasteiger partial charge in [-0.3, -0.25) is 0 Å². The van der Waals surface area contributed by atoms with E-state index < -0.39 is 0 Å². The van der Waals surface area contributed by atoms with E-state index in [1.165, 1.54) is 48.7 Å². The number of nitrogens with zero attached hydrogens (tertiary/aromatic N) is 3. The number of rotatable bonds is 3. The van der Waals surface area contributed by atoms with Crippen molar-refractivity contribution in [2.75, 3.05) is 23.3 Å². The maximum atomic E-state index is 4.33. The first-order valence-electron chi connectivity index (χ1n) is 6.65. The molecule has 5 heteroatoms. The summed E-state index contributed by atoms with van der Waals surface area (Å²) in [7, 11) is 0. The summed E-state index contributed by atoms with van der Waals surface area (Å²) >= 11 is 1.40. The van der Waals surface area contributed by atoms with Gasteiger partial charge in [0.05, 0.1) is 0 Å². The van der Waals surface area contributed by atoms with Gasteiger partial charge in [0.15, 0.2) is 0 Å². The molecule has 1 aliphatic heterocycles. The van der Waals surface area contributed by atoms with Crippen molar-refractivity contribution in [1.82, 2.24) is 9.36 Å². The van der Waals surface area contributed by atoms with Gasteiger partial charge in [-0.15, -0.1) is 0 Å². The second-order valence-electron chi connectivity index (χ2n) is 4.97. The second kappa shape index (κ2) is 5.17. The molecule has 0 bridgehead atoms. The zero-order chi connectivity index (χ0) is 13.2. The number of hydrogen-bond acceptors (Lipinski definition) is 5. The van der Waals surface area contributed by atoms with Crippen molar-refractivity contribution in [1.29, 1.82) is 0 Å². The third-order valence-electron chi connectivity index (χ3n) is 3.45. The maximum Gasteiger partial charge on any atom is 0.207 e. The minimum atomic E-state index is 0.818. The average molecular weight is 274 g/mol. The molecule has 0 saturated carbocycles. The van der Waals surface area contributed by atoms with Gasteiger partial charge < -0.3 is 10.2 Å². The van der Waals surface area contributed by atoms with Crippen LogP contribution in [0.5, 0.6) is 0 Å². The van der Waals surface area contributed by atoms with E-state index in [-0.39, 0.29) is 0 Å². The number of nitrogens with one attached hydrogen (secondary N) is 1. The Labute approximate surface area is 117 Å². The molecule has 2 heterocycles. The van der Waals surface area contributed by atoms with Crippen molar-refractivity contribution in [3.63, 3.8) is 0 Å². The summed E-state index contributed by atoms with van der Waals surface area (Å²) < 4.78 is 4.18. The summed E-state index contributed by atoms with van der Waals surface area (Å²) in [5.41, 5.74) is 3.69. The van der Waals surface area contributed by atoms with Gasteiger partial charge in [-0.25, -0.2) is 4.98 Å². The van der Waals surface area contributed by atoms with Gasteiger partial charge >= 0.3 is 0 Å². The summed E-state index contributed by atoms with van der Waals surface area (Å²) in [5, 5.41) is 4.19. The molecule has 100 valence electrons. The van der Waals surface area contributed by atoms with Gasteiger partial charge in [-0.1, -0.05) is 0 Å². The van der Waals surface area contributed by atoms with Crippen molar-refractivity contribution >= 4 is 28.0 Å². The molecule has 0 radical (unpaired) electrons. The third-order valence-corrected chi connectivity index (χ3v) is 4.17. The van der Waals surface area contributed by atoms with Crippen molar-refractivity contribution in [3.8, 4) is 0 Å². The van der Waals surface area contributed by atoms with Crippen LogP contribution in [0.2, 0.25) is 0 Å². The van der Waals surface area contributed by atoms with Crippen molar-refractivity contribution in [2.24, 2.45) is 0 Å². The van der Waals surface area contributed by atoms with Crippen molar-refractivity contribution in [3.05, 3.63) is 29.6 Å². The number of benzene rings is 1. The van der Waals surface area contributed by atoms with Crippen LogP contribution in [0.4, 0.5) is 16.5 Å². The van der Waals surface area contributed by atoms with Crippen LogP contribution < -0.4 is 10.2 Å². The predicted octanol–water partition coefficient (Wildman–Crippen LogP) is 3.50. The second-order valence-corrected chi connectivity index (χ2v) is 5.72. The van der Waals surface area contributed by atoms with E-state index in [0.717, 1.165) is 16.6 Å². The van der Waals surface area contributed by atoms with E-state index >= 15 is 0 Å². The van der Waals surface area contributed by atoms with Gasteiger partial charge in [0.1, 0.15) is 5.82 Å². The predicted molar refractivity (Wildman–Crippen MR) is 80.6 cm³/mol. The molecule has 0 spiro atoms. The summed E-state index contributed by atoms with van der Waals surface area (Å²) in [4.78, 5) is 6.78. The molecule has 2 aromatic rings. The number of hydrogen-bond donors (Lipinski definition) is 1. The first-order chi connectivity index (χ1) is 9.22. The Balaban J connectivity index is 1.79. The molecule has 1 aliphatic rings. The van der Waals surface area contributed by atoms with Gasteiger partial charge in [-0.05, 0) is 50.5 Å². The van der Waals surface area contributed by atoms with Crippen molar-refractivity contribution in [2.45, 2.75) is 26.7 Å². The summed E-state index contributed by atoms with van der Waals surface area (Å²) in [6, 6.07) is 6.58. The number of aromatic nitrogens is 2. The van der Waals surface area contributed by atoms with Crippen LogP contribution in [0.1, 0.15) is 24.2 Å². The van der Waals surface area contributed by atoms with Gasteiger partial charge in [0.25, 0.3) is 0 Å². The zero-order valence-electron chi connectivity index (χ0n) is 11.3. The molecule has 1 aromatic heterocycles. The van der Waals surface area contributed by atoms with E-state index in [9.17, 15) is 0 Å². The van der Waals surface area contributed by atoms with E-state index in [4.69, 9.17) is 0 Å². The lowest BCUT2D eigenvalue weighted by Gasteiger charge is -2.19. The van der Waals surface area contributed by atoms with E-state index in [0.29, 0.717) is 0 Å². The maximum absolute atomic E-state index is 4.33. The first-order valence-corrected chi connectivity index (χ1v) is 7.43. The summed E-state index contributed by atoms with van der Waals surface area (Å²) in [5.74, 6) is 0.818. The van der Waals surface area contributed by atoms with Crippen LogP contribution in [0.15, 0.2) is 18.2 Å². The number of aryl methyl sites for hydroxylation is 2. The molecule has 0 atom stereocenters. The largest absolute Gasteiger partial charge is 0.372 e. The van der Waals surface area contributed by atoms with Gasteiger partial charge in [0.2, 0.25) is 5.13 Å². The highest BCUT2D eigenvalue weighted by Gasteiger charge is 2.13. The van der Waals surface area contributed by atoms with Crippen LogP contribution in [0.25, 0.3) is 0 Å². The zero-order valence-corrected chi connectivity index (χ0v) is 12.1. The molecule has 0 aliphatic carbocycles. The van der Waals surface area contributed by atoms with Crippen LogP contribution in [-0.4, -0.2) is 22.4 Å². The molecule has 19 heavy (non-hydrogen) atoms. The summed E-state index contributed by atoms with van der Waals surface area (Å²) in [6.07, 6.45) is 2.62. The molecular formula is C14H18N4S. The molecule has 0 amide bonds. The quantitative estimate of drug-likeness (QED) is 0.930. The Kier molecular flexibility index (Phi) is 3.38. The highest BCUT2D eigenvalue weighted by atomic mass is 32.1. The fourth-order valence-corrected chi connectivity index (χ4v) is 3.01. The lowest BCUT2D eigenvalue weighted by Crippen LogP contribution is -2.17. The van der Waals surface area contributed by atoms with Crippen LogP contribution in [-0.2, 0) is 0 Å². The van der Waals surface area contributed by atoms with Gasteiger partial charge in [0, 0.05) is 36.0 Å². The van der Waals surface area contributed by atoms with E-state index in [2.05, 4.69) is 44.7 Å². The van der Waals surface area contributed by atoms with Crippen molar-refractivity contribution < 1.29 is 0 Å². The average Bonchev–Trinajstić information content (AvgIpc) is 3.03. The topological polar surface area (TPSA) is 41.1 Å². The lowest BCUT2D eigenvalue weighted by molar-refractivity contribution is 0.949. The SMILES string of the molecule is Cc1nsc(Nc2ccc(N3CCCC3)cc2C)n1. The molecule has 1 saturated heterocycles. The Morgan fingerprint density at radius 2 is 2.00 bits per heavy atom. The molecular weight excluding hydrogens is 256 g/mol. The fraction of sp³-hybridized carbons (Fsp3) is 0.429. The molecule has 1 aromatic carbocycles. The Morgan fingerprint density at radius 1 is 1.21 bits per heavy atom. The molecule has 0 unspecified atom stereocenters. The van der Waals surface area contributed by atoms with Crippen LogP contribution in [0, 0.1) is 13.8 Å².